The van der Waals surface area contributed by atoms with Crippen LogP contribution in [0.3, 0.4) is 0 Å². The molecule has 0 saturated carbocycles. The summed E-state index contributed by atoms with van der Waals surface area (Å²) >= 11 is 6.08. The maximum Gasteiger partial charge on any atom is 0.417 e. The predicted molar refractivity (Wildman–Crippen MR) is 166 cm³/mol. The van der Waals surface area contributed by atoms with Gasteiger partial charge in [-0.15, -0.1) is 0 Å². The molecule has 3 aromatic carbocycles. The summed E-state index contributed by atoms with van der Waals surface area (Å²) < 4.78 is 25.6. The van der Waals surface area contributed by atoms with Crippen LogP contribution in [0.5, 0.6) is 0 Å². The molecule has 2 saturated heterocycles. The van der Waals surface area contributed by atoms with Crippen LogP contribution in [-0.2, 0) is 27.3 Å². The Balaban J connectivity index is 1.25. The lowest BCUT2D eigenvalue weighted by Gasteiger charge is -2.33. The minimum atomic E-state index is -0.756. The third-order valence-corrected chi connectivity index (χ3v) is 8.51. The molecule has 1 unspecified atom stereocenters. The molecule has 2 aliphatic rings. The molecule has 0 N–H and O–H groups in total. The fraction of sp³-hybridized carbons (Fsp3) is 0.400. The van der Waals surface area contributed by atoms with E-state index in [-0.39, 0.29) is 42.3 Å². The number of carbonyl (C=O) groups is 3. The first-order chi connectivity index (χ1) is 21.0. The topological polar surface area (TPSA) is 76.2 Å². The van der Waals surface area contributed by atoms with Gasteiger partial charge >= 0.3 is 12.2 Å². The van der Waals surface area contributed by atoms with Crippen LogP contribution < -0.4 is 0 Å². The number of carbonyl (C=O) groups excluding carboxylic acids is 3. The maximum absolute atomic E-state index is 14.4. The monoisotopic (exact) mass is 620 g/mol. The highest BCUT2D eigenvalue weighted by atomic mass is 35.5. The number of ether oxygens (including phenoxy) is 2. The molecule has 44 heavy (non-hydrogen) atoms. The standard InChI is InChI=1S/C35H38ClFN2O5/c1-35(2,3)44-34(42)39-28(19-23-9-11-25(12-10-23)29-20-27(36)13-14-31(29)37)21-30(32(39)40)26-15-17-38(18-16-26)33(41)43-22-24-7-5-4-6-8-24/h4-14,20,26,28,30H,15-19,21-22H2,1-3H3/t28-,30?/m1/s1. The van der Waals surface area contributed by atoms with Crippen molar-refractivity contribution in [2.75, 3.05) is 13.1 Å². The van der Waals surface area contributed by atoms with Gasteiger partial charge in [0, 0.05) is 35.6 Å². The summed E-state index contributed by atoms with van der Waals surface area (Å²) in [5, 5.41) is 0.448. The molecule has 232 valence electrons. The van der Waals surface area contributed by atoms with Crippen LogP contribution in [0.4, 0.5) is 14.0 Å². The van der Waals surface area contributed by atoms with Crippen LogP contribution in [-0.4, -0.2) is 52.6 Å². The highest BCUT2D eigenvalue weighted by Crippen LogP contribution is 2.38. The van der Waals surface area contributed by atoms with Gasteiger partial charge in [-0.25, -0.2) is 18.9 Å². The molecule has 2 fully saturated rings. The third-order valence-electron chi connectivity index (χ3n) is 8.27. The summed E-state index contributed by atoms with van der Waals surface area (Å²) in [5.74, 6) is -0.913. The average Bonchev–Trinajstić information content (AvgIpc) is 3.32. The van der Waals surface area contributed by atoms with Crippen molar-refractivity contribution in [2.24, 2.45) is 11.8 Å². The minimum absolute atomic E-state index is 0.0313. The van der Waals surface area contributed by atoms with E-state index in [2.05, 4.69) is 0 Å². The fourth-order valence-electron chi connectivity index (χ4n) is 6.08. The van der Waals surface area contributed by atoms with E-state index in [1.165, 1.54) is 17.0 Å². The molecule has 3 amide bonds. The molecule has 0 aliphatic carbocycles. The Morgan fingerprint density at radius 1 is 0.932 bits per heavy atom. The van der Waals surface area contributed by atoms with Crippen molar-refractivity contribution in [1.29, 1.82) is 0 Å². The number of nitrogens with zero attached hydrogens (tertiary/aromatic N) is 2. The molecule has 0 spiro atoms. The zero-order chi connectivity index (χ0) is 31.4. The van der Waals surface area contributed by atoms with Gasteiger partial charge in [-0.1, -0.05) is 66.2 Å². The number of likely N-dealkylation sites (tertiary alicyclic amines) is 2. The van der Waals surface area contributed by atoms with Gasteiger partial charge in [0.15, 0.2) is 0 Å². The molecule has 2 atom stereocenters. The molecular formula is C35H38ClFN2O5. The molecule has 5 rings (SSSR count). The summed E-state index contributed by atoms with van der Waals surface area (Å²) in [6.07, 6.45) is 1.24. The third kappa shape index (κ3) is 7.59. The van der Waals surface area contributed by atoms with Gasteiger partial charge in [0.25, 0.3) is 0 Å². The molecule has 0 aromatic heterocycles. The molecule has 3 aromatic rings. The van der Waals surface area contributed by atoms with E-state index in [4.69, 9.17) is 21.1 Å². The van der Waals surface area contributed by atoms with Crippen molar-refractivity contribution in [3.8, 4) is 11.1 Å². The quantitative estimate of drug-likeness (QED) is 0.280. The van der Waals surface area contributed by atoms with Crippen LogP contribution in [0.25, 0.3) is 11.1 Å². The van der Waals surface area contributed by atoms with Crippen molar-refractivity contribution < 1.29 is 28.2 Å². The van der Waals surface area contributed by atoms with E-state index in [1.54, 1.807) is 31.7 Å². The van der Waals surface area contributed by atoms with Crippen LogP contribution in [0.2, 0.25) is 5.02 Å². The highest BCUT2D eigenvalue weighted by Gasteiger charge is 2.48. The van der Waals surface area contributed by atoms with E-state index in [0.717, 1.165) is 11.1 Å². The lowest BCUT2D eigenvalue weighted by Crippen LogP contribution is -2.45. The Kier molecular flexibility index (Phi) is 9.59. The predicted octanol–water partition coefficient (Wildman–Crippen LogP) is 7.89. The number of amides is 3. The largest absolute Gasteiger partial charge is 0.445 e. The average molecular weight is 621 g/mol. The second-order valence-corrected chi connectivity index (χ2v) is 13.0. The summed E-state index contributed by atoms with van der Waals surface area (Å²) in [6, 6.07) is 21.0. The zero-order valence-corrected chi connectivity index (χ0v) is 26.1. The maximum atomic E-state index is 14.4. The first kappa shape index (κ1) is 31.5. The lowest BCUT2D eigenvalue weighted by atomic mass is 9.82. The molecule has 0 bridgehead atoms. The molecule has 9 heteroatoms. The number of rotatable bonds is 6. The Labute approximate surface area is 262 Å². The lowest BCUT2D eigenvalue weighted by molar-refractivity contribution is -0.132. The Bertz CT molecular complexity index is 1480. The van der Waals surface area contributed by atoms with E-state index in [1.807, 2.05) is 54.6 Å². The van der Waals surface area contributed by atoms with Gasteiger partial charge < -0.3 is 14.4 Å². The Morgan fingerprint density at radius 2 is 1.61 bits per heavy atom. The van der Waals surface area contributed by atoms with Gasteiger partial charge in [-0.2, -0.15) is 0 Å². The van der Waals surface area contributed by atoms with Gasteiger partial charge in [-0.05, 0) is 87.3 Å². The van der Waals surface area contributed by atoms with Gasteiger partial charge in [0.1, 0.15) is 18.0 Å². The second-order valence-electron chi connectivity index (χ2n) is 12.6. The summed E-state index contributed by atoms with van der Waals surface area (Å²) in [6.45, 7) is 6.51. The van der Waals surface area contributed by atoms with Crippen LogP contribution in [0, 0.1) is 17.7 Å². The van der Waals surface area contributed by atoms with Gasteiger partial charge in [0.2, 0.25) is 5.91 Å². The normalized spacial score (nSPS) is 19.2. The van der Waals surface area contributed by atoms with Crippen molar-refractivity contribution >= 4 is 29.7 Å². The number of piperidine rings is 1. The summed E-state index contributed by atoms with van der Waals surface area (Å²) in [7, 11) is 0. The SMILES string of the molecule is CC(C)(C)OC(=O)N1C(=O)C(C2CCN(C(=O)OCc3ccccc3)CC2)C[C@H]1Cc1ccc(-c2cc(Cl)ccc2F)cc1. The molecule has 2 aliphatic heterocycles. The van der Waals surface area contributed by atoms with Crippen molar-refractivity contribution in [1.82, 2.24) is 9.80 Å². The molecule has 7 nitrogen and oxygen atoms in total. The highest BCUT2D eigenvalue weighted by molar-refractivity contribution is 6.30. The first-order valence-electron chi connectivity index (χ1n) is 15.0. The number of hydrogen-bond donors (Lipinski definition) is 0. The molecule has 2 heterocycles. The first-order valence-corrected chi connectivity index (χ1v) is 15.4. The van der Waals surface area contributed by atoms with E-state index >= 15 is 0 Å². The van der Waals surface area contributed by atoms with E-state index in [0.29, 0.717) is 54.9 Å². The van der Waals surface area contributed by atoms with Crippen LogP contribution >= 0.6 is 11.6 Å². The smallest absolute Gasteiger partial charge is 0.417 e. The van der Waals surface area contributed by atoms with Crippen LogP contribution in [0.15, 0.2) is 72.8 Å². The molecule has 0 radical (unpaired) electrons. The van der Waals surface area contributed by atoms with E-state index in [9.17, 15) is 18.8 Å². The number of benzene rings is 3. The number of hydrogen-bond acceptors (Lipinski definition) is 5. The fourth-order valence-corrected chi connectivity index (χ4v) is 6.26. The summed E-state index contributed by atoms with van der Waals surface area (Å²) in [5.41, 5.74) is 2.18. The van der Waals surface area contributed by atoms with Crippen molar-refractivity contribution in [3.63, 3.8) is 0 Å². The Morgan fingerprint density at radius 3 is 2.27 bits per heavy atom. The summed E-state index contributed by atoms with van der Waals surface area (Å²) in [4.78, 5) is 42.7. The zero-order valence-electron chi connectivity index (χ0n) is 25.3. The Hall–Kier alpha value is -3.91. The minimum Gasteiger partial charge on any atom is -0.445 e. The van der Waals surface area contributed by atoms with Crippen LogP contribution in [0.1, 0.15) is 51.2 Å². The molecular weight excluding hydrogens is 583 g/mol. The van der Waals surface area contributed by atoms with Crippen molar-refractivity contribution in [2.45, 2.75) is 64.7 Å². The number of imide groups is 1. The van der Waals surface area contributed by atoms with E-state index < -0.39 is 11.7 Å². The van der Waals surface area contributed by atoms with Gasteiger partial charge in [0.05, 0.1) is 0 Å². The van der Waals surface area contributed by atoms with Crippen molar-refractivity contribution in [3.05, 3.63) is 94.8 Å². The van der Waals surface area contributed by atoms with Gasteiger partial charge in [-0.3, -0.25) is 4.79 Å². The number of halogens is 2. The second kappa shape index (κ2) is 13.4.